The van der Waals surface area contributed by atoms with Crippen LogP contribution in [0, 0.1) is 13.8 Å². The van der Waals surface area contributed by atoms with E-state index in [0.29, 0.717) is 5.88 Å². The number of rotatable bonds is 4. The van der Waals surface area contributed by atoms with Crippen molar-refractivity contribution in [3.8, 4) is 11.6 Å². The summed E-state index contributed by atoms with van der Waals surface area (Å²) in [6.45, 7) is 3.91. The van der Waals surface area contributed by atoms with Crippen LogP contribution in [0.25, 0.3) is 0 Å². The Hall–Kier alpha value is -2.07. The maximum atomic E-state index is 10.5. The second-order valence-corrected chi connectivity index (χ2v) is 4.71. The van der Waals surface area contributed by atoms with E-state index >= 15 is 0 Å². The van der Waals surface area contributed by atoms with Gasteiger partial charge in [0.2, 0.25) is 5.88 Å². The van der Waals surface area contributed by atoms with Crippen molar-refractivity contribution in [1.82, 2.24) is 4.98 Å². The second-order valence-electron chi connectivity index (χ2n) is 4.71. The number of aliphatic hydroxyl groups excluding tert-OH is 1. The highest BCUT2D eigenvalue weighted by Crippen LogP contribution is 2.30. The van der Waals surface area contributed by atoms with Gasteiger partial charge in [-0.1, -0.05) is 0 Å². The molecule has 0 saturated heterocycles. The lowest BCUT2D eigenvalue weighted by atomic mass is 9.96. The molecule has 1 aromatic carbocycles. The molecule has 2 aromatic rings. The molecule has 0 fully saturated rings. The highest BCUT2D eigenvalue weighted by molar-refractivity contribution is 5.44. The number of hydrogen-bond acceptors (Lipinski definition) is 4. The van der Waals surface area contributed by atoms with E-state index in [0.717, 1.165) is 28.0 Å². The molecular weight excluding hydrogens is 254 g/mol. The normalized spacial score (nSPS) is 12.1. The molecule has 4 heteroatoms. The van der Waals surface area contributed by atoms with Gasteiger partial charge >= 0.3 is 0 Å². The molecule has 1 aromatic heterocycles. The van der Waals surface area contributed by atoms with Crippen LogP contribution in [-0.4, -0.2) is 24.3 Å². The predicted octanol–water partition coefficient (Wildman–Crippen LogP) is 2.80. The highest BCUT2D eigenvalue weighted by atomic mass is 16.5. The SMILES string of the molecule is COc1ccc(C(O)c2cc(C)c(OC)cc2C)cn1. The molecule has 106 valence electrons. The number of nitrogens with zero attached hydrogens (tertiary/aromatic N) is 1. The summed E-state index contributed by atoms with van der Waals surface area (Å²) < 4.78 is 10.3. The Balaban J connectivity index is 2.36. The van der Waals surface area contributed by atoms with Crippen molar-refractivity contribution < 1.29 is 14.6 Å². The molecule has 0 aliphatic rings. The zero-order valence-corrected chi connectivity index (χ0v) is 12.2. The Kier molecular flexibility index (Phi) is 4.25. The average molecular weight is 273 g/mol. The summed E-state index contributed by atoms with van der Waals surface area (Å²) in [7, 11) is 3.21. The first-order chi connectivity index (χ1) is 9.56. The summed E-state index contributed by atoms with van der Waals surface area (Å²) in [5, 5.41) is 10.5. The van der Waals surface area contributed by atoms with Gasteiger partial charge in [0.05, 0.1) is 14.2 Å². The van der Waals surface area contributed by atoms with Crippen LogP contribution in [0.5, 0.6) is 11.6 Å². The van der Waals surface area contributed by atoms with E-state index in [9.17, 15) is 5.11 Å². The summed E-state index contributed by atoms with van der Waals surface area (Å²) in [6.07, 6.45) is 0.917. The third-order valence-electron chi connectivity index (χ3n) is 3.36. The van der Waals surface area contributed by atoms with Crippen molar-refractivity contribution in [2.45, 2.75) is 20.0 Å². The summed E-state index contributed by atoms with van der Waals surface area (Å²) in [6, 6.07) is 7.44. The summed E-state index contributed by atoms with van der Waals surface area (Å²) >= 11 is 0. The van der Waals surface area contributed by atoms with Crippen LogP contribution in [0.2, 0.25) is 0 Å². The maximum absolute atomic E-state index is 10.5. The molecule has 0 saturated carbocycles. The molecule has 1 heterocycles. The Morgan fingerprint density at radius 3 is 2.35 bits per heavy atom. The Bertz CT molecular complexity index is 593. The molecular formula is C16H19NO3. The van der Waals surface area contributed by atoms with E-state index in [4.69, 9.17) is 9.47 Å². The minimum Gasteiger partial charge on any atom is -0.496 e. The average Bonchev–Trinajstić information content (AvgIpc) is 2.48. The number of aromatic nitrogens is 1. The molecule has 0 bridgehead atoms. The molecule has 0 aliphatic heterocycles. The van der Waals surface area contributed by atoms with Gasteiger partial charge in [-0.05, 0) is 48.7 Å². The fourth-order valence-corrected chi connectivity index (χ4v) is 2.18. The number of aliphatic hydroxyl groups is 1. The van der Waals surface area contributed by atoms with Crippen LogP contribution < -0.4 is 9.47 Å². The van der Waals surface area contributed by atoms with Crippen LogP contribution in [-0.2, 0) is 0 Å². The highest BCUT2D eigenvalue weighted by Gasteiger charge is 2.15. The molecule has 2 rings (SSSR count). The van der Waals surface area contributed by atoms with Crippen LogP contribution in [0.4, 0.5) is 0 Å². The van der Waals surface area contributed by atoms with Gasteiger partial charge in [-0.2, -0.15) is 0 Å². The first kappa shape index (κ1) is 14.3. The second kappa shape index (κ2) is 5.92. The van der Waals surface area contributed by atoms with Gasteiger partial charge in [0.25, 0.3) is 0 Å². The third kappa shape index (κ3) is 2.75. The van der Waals surface area contributed by atoms with Crippen molar-refractivity contribution in [3.05, 3.63) is 52.7 Å². The molecule has 0 aliphatic carbocycles. The predicted molar refractivity (Wildman–Crippen MR) is 77.3 cm³/mol. The van der Waals surface area contributed by atoms with Crippen LogP contribution >= 0.6 is 0 Å². The molecule has 0 amide bonds. The van der Waals surface area contributed by atoms with E-state index in [2.05, 4.69) is 4.98 Å². The first-order valence-electron chi connectivity index (χ1n) is 6.40. The third-order valence-corrected chi connectivity index (χ3v) is 3.36. The van der Waals surface area contributed by atoms with Gasteiger partial charge in [0, 0.05) is 17.8 Å². The first-order valence-corrected chi connectivity index (χ1v) is 6.40. The quantitative estimate of drug-likeness (QED) is 0.930. The number of methoxy groups -OCH3 is 2. The maximum Gasteiger partial charge on any atom is 0.212 e. The summed E-state index contributed by atoms with van der Waals surface area (Å²) in [5.41, 5.74) is 3.57. The number of hydrogen-bond donors (Lipinski definition) is 1. The van der Waals surface area contributed by atoms with Crippen LogP contribution in [0.3, 0.4) is 0 Å². The van der Waals surface area contributed by atoms with E-state index in [1.165, 1.54) is 0 Å². The fraction of sp³-hybridized carbons (Fsp3) is 0.312. The topological polar surface area (TPSA) is 51.6 Å². The molecule has 1 N–H and O–H groups in total. The Morgan fingerprint density at radius 2 is 1.80 bits per heavy atom. The van der Waals surface area contributed by atoms with Crippen molar-refractivity contribution in [3.63, 3.8) is 0 Å². The van der Waals surface area contributed by atoms with Crippen LogP contribution in [0.15, 0.2) is 30.5 Å². The molecule has 1 atom stereocenters. The van der Waals surface area contributed by atoms with Crippen molar-refractivity contribution in [2.24, 2.45) is 0 Å². The molecule has 4 nitrogen and oxygen atoms in total. The van der Waals surface area contributed by atoms with Gasteiger partial charge < -0.3 is 14.6 Å². The lowest BCUT2D eigenvalue weighted by Gasteiger charge is -2.16. The zero-order valence-electron chi connectivity index (χ0n) is 12.2. The van der Waals surface area contributed by atoms with E-state index in [1.54, 1.807) is 26.5 Å². The van der Waals surface area contributed by atoms with Crippen molar-refractivity contribution >= 4 is 0 Å². The molecule has 20 heavy (non-hydrogen) atoms. The number of benzene rings is 1. The van der Waals surface area contributed by atoms with E-state index in [-0.39, 0.29) is 0 Å². The standard InChI is InChI=1S/C16H19NO3/c1-10-8-14(19-3)11(2)7-13(10)16(18)12-5-6-15(20-4)17-9-12/h5-9,16,18H,1-4H3. The van der Waals surface area contributed by atoms with Crippen molar-refractivity contribution in [2.75, 3.05) is 14.2 Å². The Morgan fingerprint density at radius 1 is 1.05 bits per heavy atom. The smallest absolute Gasteiger partial charge is 0.212 e. The van der Waals surface area contributed by atoms with E-state index < -0.39 is 6.10 Å². The van der Waals surface area contributed by atoms with Gasteiger partial charge in [-0.25, -0.2) is 4.98 Å². The monoisotopic (exact) mass is 273 g/mol. The lowest BCUT2D eigenvalue weighted by Crippen LogP contribution is -2.04. The number of ether oxygens (including phenoxy) is 2. The van der Waals surface area contributed by atoms with Gasteiger partial charge in [-0.15, -0.1) is 0 Å². The number of pyridine rings is 1. The molecule has 1 unspecified atom stereocenters. The van der Waals surface area contributed by atoms with Gasteiger partial charge in [-0.3, -0.25) is 0 Å². The van der Waals surface area contributed by atoms with Gasteiger partial charge in [0.15, 0.2) is 0 Å². The van der Waals surface area contributed by atoms with Gasteiger partial charge in [0.1, 0.15) is 11.9 Å². The zero-order chi connectivity index (χ0) is 14.7. The Labute approximate surface area is 119 Å². The number of aryl methyl sites for hydroxylation is 2. The van der Waals surface area contributed by atoms with E-state index in [1.807, 2.05) is 32.0 Å². The lowest BCUT2D eigenvalue weighted by molar-refractivity contribution is 0.218. The largest absolute Gasteiger partial charge is 0.496 e. The molecule has 0 radical (unpaired) electrons. The van der Waals surface area contributed by atoms with Crippen LogP contribution in [0.1, 0.15) is 28.4 Å². The van der Waals surface area contributed by atoms with Crippen molar-refractivity contribution in [1.29, 1.82) is 0 Å². The summed E-state index contributed by atoms with van der Waals surface area (Å²) in [5.74, 6) is 1.36. The molecule has 0 spiro atoms. The summed E-state index contributed by atoms with van der Waals surface area (Å²) in [4.78, 5) is 4.12. The fourth-order valence-electron chi connectivity index (χ4n) is 2.18. The minimum atomic E-state index is -0.710. The minimum absolute atomic E-state index is 0.531.